The van der Waals surface area contributed by atoms with Crippen LogP contribution >= 0.6 is 0 Å². The molecule has 28 heavy (non-hydrogen) atoms. The normalized spacial score (nSPS) is 24.5. The lowest BCUT2D eigenvalue weighted by atomic mass is 10.0. The molecule has 0 saturated carbocycles. The van der Waals surface area contributed by atoms with E-state index in [0.717, 1.165) is 12.1 Å². The zero-order valence-electron chi connectivity index (χ0n) is 15.7. The Morgan fingerprint density at radius 1 is 1.14 bits per heavy atom. The number of likely N-dealkylation sites (tertiary alicyclic amines) is 1. The maximum Gasteiger partial charge on any atom is 0.225 e. The van der Waals surface area contributed by atoms with Crippen LogP contribution in [0.1, 0.15) is 30.1 Å². The first-order valence-corrected chi connectivity index (χ1v) is 9.70. The Balaban J connectivity index is 1.24. The van der Waals surface area contributed by atoms with E-state index in [0.29, 0.717) is 19.6 Å². The summed E-state index contributed by atoms with van der Waals surface area (Å²) >= 11 is 0. The number of amides is 2. The second-order valence-electron chi connectivity index (χ2n) is 7.43. The minimum absolute atomic E-state index is 0.00982. The van der Waals surface area contributed by atoms with E-state index in [-0.39, 0.29) is 36.2 Å². The van der Waals surface area contributed by atoms with Gasteiger partial charge in [-0.2, -0.15) is 0 Å². The van der Waals surface area contributed by atoms with E-state index in [1.54, 1.807) is 11.1 Å². The Labute approximate surface area is 164 Å². The molecule has 3 atom stereocenters. The molecule has 2 saturated heterocycles. The maximum atomic E-state index is 12.5. The SMILES string of the molecule is O=C(NCC1CC(c2ccccc2)NN1)C1CC(=O)N(Cc2ccccn2)C1. The van der Waals surface area contributed by atoms with Gasteiger partial charge in [-0.25, -0.2) is 5.43 Å². The van der Waals surface area contributed by atoms with Crippen LogP contribution in [0, 0.1) is 5.92 Å². The highest BCUT2D eigenvalue weighted by molar-refractivity contribution is 5.89. The smallest absolute Gasteiger partial charge is 0.225 e. The van der Waals surface area contributed by atoms with Crippen LogP contribution < -0.4 is 16.2 Å². The lowest BCUT2D eigenvalue weighted by Gasteiger charge is -2.17. The Morgan fingerprint density at radius 3 is 2.75 bits per heavy atom. The average Bonchev–Trinajstić information content (AvgIpc) is 3.35. The number of hydrogen-bond acceptors (Lipinski definition) is 5. The van der Waals surface area contributed by atoms with Gasteiger partial charge in [-0.15, -0.1) is 0 Å². The molecule has 1 aromatic heterocycles. The van der Waals surface area contributed by atoms with Crippen molar-refractivity contribution in [1.29, 1.82) is 0 Å². The summed E-state index contributed by atoms with van der Waals surface area (Å²) in [5.41, 5.74) is 8.61. The second-order valence-corrected chi connectivity index (χ2v) is 7.43. The van der Waals surface area contributed by atoms with Gasteiger partial charge in [0.2, 0.25) is 11.8 Å². The summed E-state index contributed by atoms with van der Waals surface area (Å²) in [6.07, 6.45) is 2.88. The number of hydrazine groups is 1. The largest absolute Gasteiger partial charge is 0.354 e. The third-order valence-electron chi connectivity index (χ3n) is 5.37. The Hall–Kier alpha value is -2.77. The van der Waals surface area contributed by atoms with Crippen LogP contribution in [0.15, 0.2) is 54.7 Å². The number of rotatable bonds is 6. The molecule has 3 N–H and O–H groups in total. The van der Waals surface area contributed by atoms with Gasteiger partial charge in [-0.05, 0) is 24.1 Å². The molecular weight excluding hydrogens is 354 g/mol. The Morgan fingerprint density at radius 2 is 1.96 bits per heavy atom. The van der Waals surface area contributed by atoms with E-state index in [9.17, 15) is 9.59 Å². The molecule has 2 aliphatic rings. The summed E-state index contributed by atoms with van der Waals surface area (Å²) < 4.78 is 0. The van der Waals surface area contributed by atoms with E-state index in [2.05, 4.69) is 33.3 Å². The molecule has 7 heteroatoms. The van der Waals surface area contributed by atoms with Crippen molar-refractivity contribution < 1.29 is 9.59 Å². The number of benzene rings is 1. The zero-order valence-corrected chi connectivity index (χ0v) is 15.7. The van der Waals surface area contributed by atoms with Crippen molar-refractivity contribution in [3.8, 4) is 0 Å². The highest BCUT2D eigenvalue weighted by Gasteiger charge is 2.35. The highest BCUT2D eigenvalue weighted by Crippen LogP contribution is 2.22. The molecule has 0 spiro atoms. The van der Waals surface area contributed by atoms with E-state index in [1.165, 1.54) is 5.56 Å². The molecule has 2 aliphatic heterocycles. The van der Waals surface area contributed by atoms with E-state index >= 15 is 0 Å². The molecular formula is C21H25N5O2. The van der Waals surface area contributed by atoms with Crippen molar-refractivity contribution >= 4 is 11.8 Å². The number of carbonyl (C=O) groups excluding carboxylic acids is 2. The first-order valence-electron chi connectivity index (χ1n) is 9.70. The van der Waals surface area contributed by atoms with Crippen LogP contribution in [0.3, 0.4) is 0 Å². The topological polar surface area (TPSA) is 86.4 Å². The number of hydrogen-bond donors (Lipinski definition) is 3. The molecule has 0 aliphatic carbocycles. The van der Waals surface area contributed by atoms with Crippen molar-refractivity contribution in [3.63, 3.8) is 0 Å². The number of nitrogens with zero attached hydrogens (tertiary/aromatic N) is 2. The third kappa shape index (κ3) is 4.37. The van der Waals surface area contributed by atoms with E-state index < -0.39 is 0 Å². The molecule has 3 heterocycles. The van der Waals surface area contributed by atoms with Crippen molar-refractivity contribution in [2.75, 3.05) is 13.1 Å². The van der Waals surface area contributed by atoms with Gasteiger partial charge < -0.3 is 10.2 Å². The first kappa shape index (κ1) is 18.6. The summed E-state index contributed by atoms with van der Waals surface area (Å²) in [4.78, 5) is 30.8. The molecule has 0 radical (unpaired) electrons. The van der Waals surface area contributed by atoms with Crippen molar-refractivity contribution in [1.82, 2.24) is 26.1 Å². The Bertz CT molecular complexity index is 814. The fourth-order valence-corrected chi connectivity index (χ4v) is 3.82. The average molecular weight is 379 g/mol. The van der Waals surface area contributed by atoms with Crippen LogP contribution in [0.5, 0.6) is 0 Å². The minimum atomic E-state index is -0.296. The molecule has 2 aromatic rings. The van der Waals surface area contributed by atoms with Gasteiger partial charge in [-0.3, -0.25) is 20.0 Å². The maximum absolute atomic E-state index is 12.5. The number of pyridine rings is 1. The van der Waals surface area contributed by atoms with Crippen LogP contribution in [0.25, 0.3) is 0 Å². The zero-order chi connectivity index (χ0) is 19.3. The molecule has 3 unspecified atom stereocenters. The third-order valence-corrected chi connectivity index (χ3v) is 5.37. The van der Waals surface area contributed by atoms with Gasteiger partial charge in [0.15, 0.2) is 0 Å². The number of aromatic nitrogens is 1. The summed E-state index contributed by atoms with van der Waals surface area (Å²) in [5, 5.41) is 3.01. The van der Waals surface area contributed by atoms with Gasteiger partial charge in [0, 0.05) is 37.8 Å². The molecule has 2 amide bonds. The monoisotopic (exact) mass is 379 g/mol. The number of nitrogens with one attached hydrogen (secondary N) is 3. The highest BCUT2D eigenvalue weighted by atomic mass is 16.2. The molecule has 4 rings (SSSR count). The summed E-state index contributed by atoms with van der Waals surface area (Å²) in [6, 6.07) is 16.3. The Kier molecular flexibility index (Phi) is 5.64. The summed E-state index contributed by atoms with van der Waals surface area (Å²) in [5.74, 6) is -0.340. The van der Waals surface area contributed by atoms with E-state index in [1.807, 2.05) is 36.4 Å². The van der Waals surface area contributed by atoms with E-state index in [4.69, 9.17) is 0 Å². The van der Waals surface area contributed by atoms with Gasteiger partial charge in [-0.1, -0.05) is 36.4 Å². The quantitative estimate of drug-likeness (QED) is 0.701. The van der Waals surface area contributed by atoms with Gasteiger partial charge >= 0.3 is 0 Å². The van der Waals surface area contributed by atoms with Crippen LogP contribution in [0.2, 0.25) is 0 Å². The van der Waals surface area contributed by atoms with Gasteiger partial charge in [0.05, 0.1) is 18.2 Å². The standard InChI is InChI=1S/C21H25N5O2/c27-20-10-16(13-26(20)14-17-8-4-5-9-22-17)21(28)23-12-18-11-19(25-24-18)15-6-2-1-3-7-15/h1-9,16,18-19,24-25H,10-14H2,(H,23,28). The molecule has 2 fully saturated rings. The van der Waals surface area contributed by atoms with Crippen LogP contribution in [0.4, 0.5) is 0 Å². The van der Waals surface area contributed by atoms with Crippen molar-refractivity contribution in [2.45, 2.75) is 31.5 Å². The fourth-order valence-electron chi connectivity index (χ4n) is 3.82. The first-order chi connectivity index (χ1) is 13.7. The van der Waals surface area contributed by atoms with Crippen LogP contribution in [-0.2, 0) is 16.1 Å². The summed E-state index contributed by atoms with van der Waals surface area (Å²) in [6.45, 7) is 1.45. The molecule has 1 aromatic carbocycles. The predicted molar refractivity (Wildman–Crippen MR) is 105 cm³/mol. The van der Waals surface area contributed by atoms with Crippen molar-refractivity contribution in [3.05, 3.63) is 66.0 Å². The predicted octanol–water partition coefficient (Wildman–Crippen LogP) is 1.15. The molecule has 146 valence electrons. The molecule has 0 bridgehead atoms. The van der Waals surface area contributed by atoms with Crippen LogP contribution in [-0.4, -0.2) is 40.8 Å². The second kappa shape index (κ2) is 8.50. The lowest BCUT2D eigenvalue weighted by Crippen LogP contribution is -2.42. The number of carbonyl (C=O) groups is 2. The lowest BCUT2D eigenvalue weighted by molar-refractivity contribution is -0.129. The van der Waals surface area contributed by atoms with Gasteiger partial charge in [0.25, 0.3) is 0 Å². The minimum Gasteiger partial charge on any atom is -0.354 e. The fraction of sp³-hybridized carbons (Fsp3) is 0.381. The summed E-state index contributed by atoms with van der Waals surface area (Å²) in [7, 11) is 0. The van der Waals surface area contributed by atoms with Crippen molar-refractivity contribution in [2.24, 2.45) is 5.92 Å². The molecule has 7 nitrogen and oxygen atoms in total. The van der Waals surface area contributed by atoms with Gasteiger partial charge in [0.1, 0.15) is 0 Å².